The zero-order chi connectivity index (χ0) is 26.7. The number of urea groups is 1. The molecule has 4 rings (SSSR count). The number of halogens is 3. The van der Waals surface area contributed by atoms with E-state index in [1.54, 1.807) is 0 Å². The van der Waals surface area contributed by atoms with Crippen molar-refractivity contribution in [3.63, 3.8) is 0 Å². The number of benzene rings is 1. The summed E-state index contributed by atoms with van der Waals surface area (Å²) >= 11 is 0. The zero-order valence-electron chi connectivity index (χ0n) is 19.4. The number of carbonyl (C=O) groups is 2. The Bertz CT molecular complexity index is 1350. The highest BCUT2D eigenvalue weighted by Gasteiger charge is 2.39. The average Bonchev–Trinajstić information content (AvgIpc) is 3.34. The molecule has 1 aromatic heterocycles. The van der Waals surface area contributed by atoms with Crippen molar-refractivity contribution in [2.45, 2.75) is 18.6 Å². The fourth-order valence-electron chi connectivity index (χ4n) is 4.00. The first-order valence-electron chi connectivity index (χ1n) is 11.0. The van der Waals surface area contributed by atoms with Crippen molar-refractivity contribution in [3.8, 4) is 11.8 Å². The van der Waals surface area contributed by atoms with Crippen LogP contribution in [0.15, 0.2) is 41.1 Å². The molecule has 3 heterocycles. The van der Waals surface area contributed by atoms with E-state index >= 15 is 0 Å². The second-order valence-electron chi connectivity index (χ2n) is 8.15. The van der Waals surface area contributed by atoms with Crippen LogP contribution in [0.5, 0.6) is 5.75 Å². The van der Waals surface area contributed by atoms with Crippen LogP contribution >= 0.6 is 0 Å². The van der Waals surface area contributed by atoms with Crippen LogP contribution in [0.1, 0.15) is 23.7 Å². The first-order chi connectivity index (χ1) is 17.7. The van der Waals surface area contributed by atoms with E-state index in [1.807, 2.05) is 0 Å². The van der Waals surface area contributed by atoms with Crippen LogP contribution in [0.2, 0.25) is 0 Å². The quantitative estimate of drug-likeness (QED) is 0.334. The SMILES string of the molecule is CN/C(=C(\C=N)C(=O)C#N)c1cc(OC2CN(C(=O)N3N=CCC3c3cc(F)cc(F)c3)C2)c(F)cn1. The minimum absolute atomic E-state index is 0.0449. The molecule has 1 aromatic carbocycles. The Labute approximate surface area is 209 Å². The third kappa shape index (κ3) is 5.13. The summed E-state index contributed by atoms with van der Waals surface area (Å²) in [6.07, 6.45) is 2.78. The van der Waals surface area contributed by atoms with Crippen molar-refractivity contribution < 1.29 is 27.5 Å². The summed E-state index contributed by atoms with van der Waals surface area (Å²) < 4.78 is 47.4. The minimum atomic E-state index is -0.968. The number of amides is 2. The number of nitrogens with one attached hydrogen (secondary N) is 2. The van der Waals surface area contributed by atoms with E-state index in [-0.39, 0.29) is 41.4 Å². The molecule has 0 radical (unpaired) electrons. The minimum Gasteiger partial charge on any atom is -0.483 e. The van der Waals surface area contributed by atoms with Gasteiger partial charge in [-0.3, -0.25) is 9.78 Å². The van der Waals surface area contributed by atoms with E-state index in [9.17, 15) is 22.8 Å². The van der Waals surface area contributed by atoms with Gasteiger partial charge in [0.25, 0.3) is 5.78 Å². The lowest BCUT2D eigenvalue weighted by molar-refractivity contribution is -0.110. The van der Waals surface area contributed by atoms with Crippen LogP contribution in [0.25, 0.3) is 5.70 Å². The number of pyridine rings is 1. The summed E-state index contributed by atoms with van der Waals surface area (Å²) in [5.41, 5.74) is 0.137. The first-order valence-corrected chi connectivity index (χ1v) is 11.0. The number of aromatic nitrogens is 1. The molecular formula is C24H20F3N7O3. The van der Waals surface area contributed by atoms with Crippen LogP contribution in [0.4, 0.5) is 18.0 Å². The van der Waals surface area contributed by atoms with Crippen LogP contribution < -0.4 is 10.1 Å². The lowest BCUT2D eigenvalue weighted by Gasteiger charge is -2.41. The molecular weight excluding hydrogens is 491 g/mol. The molecule has 1 atom stereocenters. The lowest BCUT2D eigenvalue weighted by atomic mass is 10.0. The highest BCUT2D eigenvalue weighted by atomic mass is 19.1. The van der Waals surface area contributed by atoms with E-state index in [0.29, 0.717) is 12.6 Å². The smallest absolute Gasteiger partial charge is 0.341 e. The van der Waals surface area contributed by atoms with Gasteiger partial charge in [0.15, 0.2) is 11.6 Å². The second-order valence-corrected chi connectivity index (χ2v) is 8.15. The van der Waals surface area contributed by atoms with Gasteiger partial charge in [-0.05, 0) is 17.7 Å². The third-order valence-corrected chi connectivity index (χ3v) is 5.79. The Hall–Kier alpha value is -4.73. The molecule has 2 aromatic rings. The number of carbonyl (C=O) groups excluding carboxylic acids is 2. The fourth-order valence-corrected chi connectivity index (χ4v) is 4.00. The van der Waals surface area contributed by atoms with E-state index in [4.69, 9.17) is 15.4 Å². The number of rotatable bonds is 7. The van der Waals surface area contributed by atoms with Crippen molar-refractivity contribution in [1.29, 1.82) is 10.7 Å². The number of hydrazone groups is 1. The standard InChI is InChI=1S/C24H20F3N7O3/c1-30-23(17(8-28)21(35)9-29)19-7-22(18(27)10-31-19)37-16-11-33(12-16)24(36)34-20(2-3-32-34)13-4-14(25)6-15(26)5-13/h3-8,10,16,20,28,30H,2,11-12H2,1H3/b23-17+,28-8?. The van der Waals surface area contributed by atoms with Gasteiger partial charge in [0.2, 0.25) is 0 Å². The molecule has 37 heavy (non-hydrogen) atoms. The number of likely N-dealkylation sites (tertiary alicyclic amines) is 1. The molecule has 10 nitrogen and oxygen atoms in total. The van der Waals surface area contributed by atoms with Crippen LogP contribution in [0, 0.1) is 34.2 Å². The maximum Gasteiger partial charge on any atom is 0.341 e. The third-order valence-electron chi connectivity index (χ3n) is 5.79. The Kier molecular flexibility index (Phi) is 7.19. The van der Waals surface area contributed by atoms with Crippen LogP contribution in [-0.2, 0) is 4.79 Å². The highest BCUT2D eigenvalue weighted by Crippen LogP contribution is 2.32. The maximum absolute atomic E-state index is 14.4. The molecule has 0 bridgehead atoms. The summed E-state index contributed by atoms with van der Waals surface area (Å²) in [7, 11) is 1.46. The number of allylic oxidation sites excluding steroid dienone is 1. The van der Waals surface area contributed by atoms with Gasteiger partial charge in [-0.15, -0.1) is 0 Å². The van der Waals surface area contributed by atoms with Crippen LogP contribution in [0.3, 0.4) is 0 Å². The maximum atomic E-state index is 14.4. The van der Waals surface area contributed by atoms with Gasteiger partial charge in [-0.25, -0.2) is 23.0 Å². The topological polar surface area (TPSA) is 135 Å². The molecule has 13 heteroatoms. The Morgan fingerprint density at radius 2 is 1.92 bits per heavy atom. The van der Waals surface area contributed by atoms with Crippen LogP contribution in [-0.4, -0.2) is 65.4 Å². The predicted octanol–water partition coefficient (Wildman–Crippen LogP) is 2.79. The van der Waals surface area contributed by atoms with E-state index in [0.717, 1.165) is 29.4 Å². The number of ketones is 1. The van der Waals surface area contributed by atoms with Crippen molar-refractivity contribution in [1.82, 2.24) is 20.2 Å². The first kappa shape index (κ1) is 25.4. The Morgan fingerprint density at radius 3 is 2.54 bits per heavy atom. The molecule has 2 amide bonds. The molecule has 1 fully saturated rings. The number of nitrogens with zero attached hydrogens (tertiary/aromatic N) is 5. The molecule has 1 unspecified atom stereocenters. The number of hydrogen-bond donors (Lipinski definition) is 2. The van der Waals surface area contributed by atoms with Gasteiger partial charge >= 0.3 is 6.03 Å². The van der Waals surface area contributed by atoms with E-state index in [2.05, 4.69) is 15.4 Å². The highest BCUT2D eigenvalue weighted by molar-refractivity contribution is 6.24. The van der Waals surface area contributed by atoms with Crippen molar-refractivity contribution in [3.05, 3.63) is 64.7 Å². The zero-order valence-corrected chi connectivity index (χ0v) is 19.4. The summed E-state index contributed by atoms with van der Waals surface area (Å²) in [4.78, 5) is 30.1. The molecule has 0 aliphatic carbocycles. The molecule has 2 N–H and O–H groups in total. The lowest BCUT2D eigenvalue weighted by Crippen LogP contribution is -2.58. The fraction of sp³-hybridized carbons (Fsp3) is 0.250. The van der Waals surface area contributed by atoms with Gasteiger partial charge in [0.05, 0.1) is 42.3 Å². The van der Waals surface area contributed by atoms with Crippen molar-refractivity contribution >= 4 is 29.9 Å². The number of nitriles is 1. The summed E-state index contributed by atoms with van der Waals surface area (Å²) in [6.45, 7) is 0.194. The summed E-state index contributed by atoms with van der Waals surface area (Å²) in [5, 5.41) is 24.2. The van der Waals surface area contributed by atoms with Gasteiger partial charge < -0.3 is 20.4 Å². The molecule has 2 aliphatic heterocycles. The number of hydrogen-bond acceptors (Lipinski definition) is 8. The summed E-state index contributed by atoms with van der Waals surface area (Å²) in [5.74, 6) is -3.47. The Morgan fingerprint density at radius 1 is 1.22 bits per heavy atom. The number of ether oxygens (including phenoxy) is 1. The Balaban J connectivity index is 1.45. The predicted molar refractivity (Wildman–Crippen MR) is 125 cm³/mol. The summed E-state index contributed by atoms with van der Waals surface area (Å²) in [6, 6.07) is 4.53. The molecule has 2 aliphatic rings. The van der Waals surface area contributed by atoms with Gasteiger partial charge in [0.1, 0.15) is 23.8 Å². The van der Waals surface area contributed by atoms with E-state index in [1.165, 1.54) is 30.3 Å². The monoisotopic (exact) mass is 511 g/mol. The second kappa shape index (κ2) is 10.5. The van der Waals surface area contributed by atoms with Gasteiger partial charge in [0, 0.05) is 38.0 Å². The normalized spacial score (nSPS) is 17.5. The molecule has 1 saturated heterocycles. The van der Waals surface area contributed by atoms with Crippen molar-refractivity contribution in [2.24, 2.45) is 5.10 Å². The van der Waals surface area contributed by atoms with Gasteiger partial charge in [-0.1, -0.05) is 0 Å². The molecule has 190 valence electrons. The molecule has 0 saturated carbocycles. The van der Waals surface area contributed by atoms with Crippen molar-refractivity contribution in [2.75, 3.05) is 20.1 Å². The molecule has 0 spiro atoms. The number of Topliss-reactive ketones (excluding diaryl/α,β-unsaturated/α-hetero) is 1. The van der Waals surface area contributed by atoms with Gasteiger partial charge in [-0.2, -0.15) is 10.4 Å². The largest absolute Gasteiger partial charge is 0.483 e. The average molecular weight is 511 g/mol. The van der Waals surface area contributed by atoms with E-state index < -0.39 is 41.4 Å².